The number of H-pyrrole nitrogens is 1. The summed E-state index contributed by atoms with van der Waals surface area (Å²) in [6.07, 6.45) is 2.40. The normalized spacial score (nSPS) is 10.9. The molecule has 0 aliphatic heterocycles. The number of nitrogens with zero attached hydrogens (tertiary/aromatic N) is 4. The number of carbonyl (C=O) groups is 1. The average Bonchev–Trinajstić information content (AvgIpc) is 3.40. The number of nitrogens with one attached hydrogen (secondary N) is 1. The quantitative estimate of drug-likeness (QED) is 0.421. The van der Waals surface area contributed by atoms with Crippen LogP contribution in [0.4, 0.5) is 5.82 Å². The van der Waals surface area contributed by atoms with E-state index in [4.69, 9.17) is 0 Å². The molecule has 4 aromatic rings. The minimum absolute atomic E-state index is 0.184. The van der Waals surface area contributed by atoms with Crippen molar-refractivity contribution >= 4 is 23.3 Å². The average molecular weight is 450 g/mol. The molecule has 0 saturated heterocycles. The van der Waals surface area contributed by atoms with Gasteiger partial charge in [0.15, 0.2) is 11.6 Å². The van der Waals surface area contributed by atoms with Crippen LogP contribution in [-0.2, 0) is 13.6 Å². The maximum atomic E-state index is 11.6. The second-order valence-corrected chi connectivity index (χ2v) is 8.19. The van der Waals surface area contributed by atoms with Gasteiger partial charge in [-0.15, -0.1) is 0 Å². The number of rotatable bonds is 8. The molecule has 4 rings (SSSR count). The SMILES string of the molecule is CCCN(Cc1ccc(-c2ccccc2-c2nsc(=O)[nH]2)cc1)c1nn(C)cc1C(=O)O. The monoisotopic (exact) mass is 449 g/mol. The zero-order chi connectivity index (χ0) is 22.7. The molecule has 0 bridgehead atoms. The smallest absolute Gasteiger partial charge is 0.341 e. The molecule has 2 aromatic carbocycles. The van der Waals surface area contributed by atoms with Crippen molar-refractivity contribution in [1.82, 2.24) is 19.1 Å². The molecule has 0 spiro atoms. The number of hydrogen-bond donors (Lipinski definition) is 2. The Kier molecular flexibility index (Phi) is 6.18. The van der Waals surface area contributed by atoms with Crippen LogP contribution in [0.1, 0.15) is 29.3 Å². The molecule has 164 valence electrons. The lowest BCUT2D eigenvalue weighted by molar-refractivity contribution is 0.0697. The number of aromatic carboxylic acids is 1. The summed E-state index contributed by atoms with van der Waals surface area (Å²) in [5, 5.41) is 13.9. The predicted octanol–water partition coefficient (Wildman–Crippen LogP) is 4.01. The standard InChI is InChI=1S/C23H23N5O3S/c1-3-12-28(21-19(22(29)30)14-27(2)25-21)13-15-8-10-16(11-9-15)17-6-4-5-7-18(17)20-24-23(31)32-26-20/h4-11,14H,3,12-13H2,1-2H3,(H,29,30)(H,24,26,31). The van der Waals surface area contributed by atoms with Crippen molar-refractivity contribution in [1.29, 1.82) is 0 Å². The molecule has 2 aromatic heterocycles. The molecule has 2 heterocycles. The number of aromatic nitrogens is 4. The number of carboxylic acid groups (broad SMARTS) is 1. The maximum Gasteiger partial charge on any atom is 0.341 e. The third kappa shape index (κ3) is 4.47. The van der Waals surface area contributed by atoms with Crippen LogP contribution in [0.5, 0.6) is 0 Å². The van der Waals surface area contributed by atoms with Crippen LogP contribution in [0.15, 0.2) is 59.5 Å². The Morgan fingerprint density at radius 1 is 1.16 bits per heavy atom. The Morgan fingerprint density at radius 3 is 2.50 bits per heavy atom. The fourth-order valence-electron chi connectivity index (χ4n) is 3.69. The summed E-state index contributed by atoms with van der Waals surface area (Å²) in [7, 11) is 1.72. The van der Waals surface area contributed by atoms with E-state index in [0.29, 0.717) is 24.7 Å². The van der Waals surface area contributed by atoms with Crippen LogP contribution < -0.4 is 9.77 Å². The summed E-state index contributed by atoms with van der Waals surface area (Å²) in [5.41, 5.74) is 4.09. The maximum absolute atomic E-state index is 11.6. The lowest BCUT2D eigenvalue weighted by Crippen LogP contribution is -2.25. The van der Waals surface area contributed by atoms with Crippen LogP contribution in [0.3, 0.4) is 0 Å². The van der Waals surface area contributed by atoms with Crippen molar-refractivity contribution in [2.75, 3.05) is 11.4 Å². The van der Waals surface area contributed by atoms with Gasteiger partial charge in [0.2, 0.25) is 0 Å². The molecule has 0 fully saturated rings. The van der Waals surface area contributed by atoms with Crippen LogP contribution in [0.2, 0.25) is 0 Å². The van der Waals surface area contributed by atoms with Crippen molar-refractivity contribution < 1.29 is 9.90 Å². The number of carboxylic acids is 1. The van der Waals surface area contributed by atoms with Crippen molar-refractivity contribution in [3.05, 3.63) is 75.5 Å². The highest BCUT2D eigenvalue weighted by Crippen LogP contribution is 2.30. The molecule has 0 amide bonds. The zero-order valence-corrected chi connectivity index (χ0v) is 18.6. The fourth-order valence-corrected chi connectivity index (χ4v) is 4.15. The third-order valence-corrected chi connectivity index (χ3v) is 5.64. The second-order valence-electron chi connectivity index (χ2n) is 7.45. The summed E-state index contributed by atoms with van der Waals surface area (Å²) in [6, 6.07) is 15.9. The van der Waals surface area contributed by atoms with Crippen molar-refractivity contribution in [2.24, 2.45) is 7.05 Å². The first-order valence-corrected chi connectivity index (χ1v) is 11.0. The highest BCUT2D eigenvalue weighted by Gasteiger charge is 2.20. The van der Waals surface area contributed by atoms with Gasteiger partial charge in [-0.2, -0.15) is 9.47 Å². The molecule has 9 heteroatoms. The molecule has 0 aliphatic rings. The van der Waals surface area contributed by atoms with Crippen LogP contribution >= 0.6 is 11.5 Å². The number of benzene rings is 2. The van der Waals surface area contributed by atoms with E-state index in [1.165, 1.54) is 10.9 Å². The Labute approximate surface area is 188 Å². The Morgan fingerprint density at radius 2 is 1.88 bits per heavy atom. The van der Waals surface area contributed by atoms with Gasteiger partial charge in [0.1, 0.15) is 5.56 Å². The van der Waals surface area contributed by atoms with Crippen molar-refractivity contribution in [3.8, 4) is 22.5 Å². The van der Waals surface area contributed by atoms with Gasteiger partial charge in [-0.3, -0.25) is 14.5 Å². The van der Waals surface area contributed by atoms with Gasteiger partial charge in [-0.05, 0) is 23.1 Å². The summed E-state index contributed by atoms with van der Waals surface area (Å²) in [4.78, 5) is 27.8. The first-order chi connectivity index (χ1) is 15.5. The summed E-state index contributed by atoms with van der Waals surface area (Å²) >= 11 is 0.904. The molecular weight excluding hydrogens is 426 g/mol. The Hall–Kier alpha value is -3.72. The van der Waals surface area contributed by atoms with Crippen LogP contribution in [0.25, 0.3) is 22.5 Å². The van der Waals surface area contributed by atoms with E-state index >= 15 is 0 Å². The lowest BCUT2D eigenvalue weighted by atomic mass is 9.98. The van der Waals surface area contributed by atoms with E-state index in [2.05, 4.69) is 21.4 Å². The number of anilines is 1. The van der Waals surface area contributed by atoms with Gasteiger partial charge in [0.25, 0.3) is 0 Å². The Bertz CT molecular complexity index is 1290. The van der Waals surface area contributed by atoms with Crippen molar-refractivity contribution in [3.63, 3.8) is 0 Å². The van der Waals surface area contributed by atoms with Gasteiger partial charge >= 0.3 is 10.8 Å². The van der Waals surface area contributed by atoms with Gasteiger partial charge in [0.05, 0.1) is 0 Å². The zero-order valence-electron chi connectivity index (χ0n) is 17.8. The number of aromatic amines is 1. The summed E-state index contributed by atoms with van der Waals surface area (Å²) in [5.74, 6) is 0.0511. The molecule has 0 atom stereocenters. The fraction of sp³-hybridized carbons (Fsp3) is 0.217. The van der Waals surface area contributed by atoms with E-state index in [0.717, 1.165) is 40.2 Å². The predicted molar refractivity (Wildman–Crippen MR) is 125 cm³/mol. The van der Waals surface area contributed by atoms with Gasteiger partial charge in [0, 0.05) is 43.4 Å². The third-order valence-electron chi connectivity index (χ3n) is 5.09. The van der Waals surface area contributed by atoms with Gasteiger partial charge in [-0.25, -0.2) is 4.79 Å². The summed E-state index contributed by atoms with van der Waals surface area (Å²) < 4.78 is 5.75. The molecule has 0 radical (unpaired) electrons. The lowest BCUT2D eigenvalue weighted by Gasteiger charge is -2.23. The first kappa shape index (κ1) is 21.5. The molecular formula is C23H23N5O3S. The van der Waals surface area contributed by atoms with Crippen LogP contribution in [0, 0.1) is 0 Å². The van der Waals surface area contributed by atoms with E-state index in [1.54, 1.807) is 7.05 Å². The number of hydrogen-bond acceptors (Lipinski definition) is 6. The summed E-state index contributed by atoms with van der Waals surface area (Å²) in [6.45, 7) is 3.30. The van der Waals surface area contributed by atoms with Crippen LogP contribution in [-0.4, -0.2) is 36.8 Å². The minimum Gasteiger partial charge on any atom is -0.477 e. The van der Waals surface area contributed by atoms with E-state index < -0.39 is 5.97 Å². The molecule has 0 aliphatic carbocycles. The number of aryl methyl sites for hydroxylation is 1. The van der Waals surface area contributed by atoms with E-state index in [1.807, 2.05) is 53.4 Å². The largest absolute Gasteiger partial charge is 0.477 e. The molecule has 0 unspecified atom stereocenters. The van der Waals surface area contributed by atoms with E-state index in [-0.39, 0.29) is 10.4 Å². The Balaban J connectivity index is 1.62. The van der Waals surface area contributed by atoms with Gasteiger partial charge in [-0.1, -0.05) is 55.5 Å². The van der Waals surface area contributed by atoms with Gasteiger partial charge < -0.3 is 10.0 Å². The second kappa shape index (κ2) is 9.19. The molecule has 2 N–H and O–H groups in total. The topological polar surface area (TPSA) is 104 Å². The highest BCUT2D eigenvalue weighted by atomic mass is 32.1. The van der Waals surface area contributed by atoms with Crippen molar-refractivity contribution in [2.45, 2.75) is 19.9 Å². The molecule has 0 saturated carbocycles. The first-order valence-electron chi connectivity index (χ1n) is 10.2. The van der Waals surface area contributed by atoms with E-state index in [9.17, 15) is 14.7 Å². The molecule has 32 heavy (non-hydrogen) atoms. The minimum atomic E-state index is -0.985. The molecule has 8 nitrogen and oxygen atoms in total. The highest BCUT2D eigenvalue weighted by molar-refractivity contribution is 7.03.